The molecule has 0 aliphatic heterocycles. The highest BCUT2D eigenvalue weighted by Gasteiger charge is 2.24. The van der Waals surface area contributed by atoms with E-state index in [1.165, 1.54) is 6.07 Å². The molecule has 9 heteroatoms. The molecule has 0 saturated heterocycles. The number of ether oxygens (including phenoxy) is 1. The highest BCUT2D eigenvalue weighted by molar-refractivity contribution is 7.90. The van der Waals surface area contributed by atoms with Crippen molar-refractivity contribution in [1.29, 1.82) is 0 Å². The van der Waals surface area contributed by atoms with Gasteiger partial charge in [0.25, 0.3) is 15.9 Å². The number of H-pyrrole nitrogens is 1. The lowest BCUT2D eigenvalue weighted by molar-refractivity contribution is -0.127. The number of aryl methyl sites for hydroxylation is 1. The van der Waals surface area contributed by atoms with Gasteiger partial charge in [-0.1, -0.05) is 55.8 Å². The van der Waals surface area contributed by atoms with E-state index in [0.717, 1.165) is 40.4 Å². The van der Waals surface area contributed by atoms with Crippen LogP contribution in [0.5, 0.6) is 5.75 Å². The summed E-state index contributed by atoms with van der Waals surface area (Å²) in [5.74, 6) is -0.232. The Kier molecular flexibility index (Phi) is 9.52. The Labute approximate surface area is 247 Å². The van der Waals surface area contributed by atoms with Crippen molar-refractivity contribution in [3.63, 3.8) is 0 Å². The standard InChI is InChI=1S/C33H37N3O5S/c1-6-10-25(28-21-34-29-18-15-23(19-27(28)29)12-9-14-32(37)36(3)4)26-17-16-24(20-30(26)41-5)33(38)35-42(39,40)31-13-8-7-11-22(31)2/h7-9,11-13,15-21,25,34H,6,10,14H2,1-5H3,(H,35,38). The summed E-state index contributed by atoms with van der Waals surface area (Å²) in [5.41, 5.74) is 4.69. The summed E-state index contributed by atoms with van der Waals surface area (Å²) < 4.78 is 33.7. The smallest absolute Gasteiger partial charge is 0.265 e. The molecule has 1 heterocycles. The first-order valence-electron chi connectivity index (χ1n) is 13.8. The van der Waals surface area contributed by atoms with Gasteiger partial charge in [0.05, 0.1) is 12.0 Å². The van der Waals surface area contributed by atoms with Crippen LogP contribution >= 0.6 is 0 Å². The Balaban J connectivity index is 1.65. The lowest BCUT2D eigenvalue weighted by atomic mass is 9.86. The van der Waals surface area contributed by atoms with Gasteiger partial charge >= 0.3 is 0 Å². The monoisotopic (exact) mass is 587 g/mol. The van der Waals surface area contributed by atoms with Crippen molar-refractivity contribution in [2.24, 2.45) is 0 Å². The topological polar surface area (TPSA) is 109 Å². The molecule has 0 bridgehead atoms. The van der Waals surface area contributed by atoms with E-state index in [1.807, 2.05) is 36.5 Å². The van der Waals surface area contributed by atoms with E-state index >= 15 is 0 Å². The highest BCUT2D eigenvalue weighted by Crippen LogP contribution is 2.39. The number of rotatable bonds is 11. The van der Waals surface area contributed by atoms with Crippen LogP contribution in [0.4, 0.5) is 0 Å². The molecule has 42 heavy (non-hydrogen) atoms. The van der Waals surface area contributed by atoms with E-state index in [-0.39, 0.29) is 22.3 Å². The third-order valence-corrected chi connectivity index (χ3v) is 8.76. The minimum Gasteiger partial charge on any atom is -0.496 e. The molecule has 0 spiro atoms. The van der Waals surface area contributed by atoms with Gasteiger partial charge in [0, 0.05) is 54.7 Å². The van der Waals surface area contributed by atoms with E-state index < -0.39 is 15.9 Å². The van der Waals surface area contributed by atoms with E-state index in [0.29, 0.717) is 17.7 Å². The maximum absolute atomic E-state index is 13.0. The number of aromatic nitrogens is 1. The lowest BCUT2D eigenvalue weighted by Crippen LogP contribution is -2.31. The van der Waals surface area contributed by atoms with Gasteiger partial charge < -0.3 is 14.6 Å². The molecule has 4 rings (SSSR count). The molecule has 1 atom stereocenters. The van der Waals surface area contributed by atoms with E-state index in [4.69, 9.17) is 4.74 Å². The van der Waals surface area contributed by atoms with Crippen molar-refractivity contribution >= 4 is 38.8 Å². The number of sulfonamides is 1. The maximum Gasteiger partial charge on any atom is 0.265 e. The van der Waals surface area contributed by atoms with Gasteiger partial charge in [0.2, 0.25) is 5.91 Å². The highest BCUT2D eigenvalue weighted by atomic mass is 32.2. The molecule has 1 unspecified atom stereocenters. The molecule has 2 N–H and O–H groups in total. The number of benzene rings is 3. The zero-order valence-corrected chi connectivity index (χ0v) is 25.4. The Morgan fingerprint density at radius 2 is 1.81 bits per heavy atom. The summed E-state index contributed by atoms with van der Waals surface area (Å²) in [6.45, 7) is 3.79. The molecule has 0 saturated carbocycles. The number of methoxy groups -OCH3 is 1. The summed E-state index contributed by atoms with van der Waals surface area (Å²) in [7, 11) is 0.976. The number of nitrogens with zero attached hydrogens (tertiary/aromatic N) is 1. The van der Waals surface area contributed by atoms with Crippen molar-refractivity contribution in [3.05, 3.63) is 101 Å². The van der Waals surface area contributed by atoms with Crippen LogP contribution < -0.4 is 9.46 Å². The summed E-state index contributed by atoms with van der Waals surface area (Å²) in [6, 6.07) is 17.7. The second kappa shape index (κ2) is 13.1. The quantitative estimate of drug-likeness (QED) is 0.223. The van der Waals surface area contributed by atoms with Crippen LogP contribution in [-0.4, -0.2) is 51.3 Å². The van der Waals surface area contributed by atoms with Crippen molar-refractivity contribution < 1.29 is 22.7 Å². The molecular formula is C33H37N3O5S. The Hall–Kier alpha value is -4.37. The Morgan fingerprint density at radius 1 is 1.05 bits per heavy atom. The van der Waals surface area contributed by atoms with Crippen LogP contribution in [0.25, 0.3) is 17.0 Å². The van der Waals surface area contributed by atoms with E-state index in [2.05, 4.69) is 22.7 Å². The third-order valence-electron chi connectivity index (χ3n) is 7.27. The number of carbonyl (C=O) groups is 2. The molecular weight excluding hydrogens is 550 g/mol. The molecule has 0 aliphatic rings. The van der Waals surface area contributed by atoms with Gasteiger partial charge in [-0.15, -0.1) is 0 Å². The summed E-state index contributed by atoms with van der Waals surface area (Å²) in [5, 5.41) is 1.06. The van der Waals surface area contributed by atoms with Gasteiger partial charge in [-0.25, -0.2) is 13.1 Å². The summed E-state index contributed by atoms with van der Waals surface area (Å²) in [4.78, 5) is 30.0. The second-order valence-electron chi connectivity index (χ2n) is 10.4. The molecule has 0 fully saturated rings. The number of nitrogens with one attached hydrogen (secondary N) is 2. The minimum atomic E-state index is -4.04. The second-order valence-corrected chi connectivity index (χ2v) is 12.1. The minimum absolute atomic E-state index is 0.0367. The molecule has 0 radical (unpaired) electrons. The van der Waals surface area contributed by atoms with Crippen LogP contribution in [0.2, 0.25) is 0 Å². The number of carbonyl (C=O) groups excluding carboxylic acids is 2. The molecule has 220 valence electrons. The van der Waals surface area contributed by atoms with Crippen molar-refractivity contribution in [2.75, 3.05) is 21.2 Å². The molecule has 4 aromatic rings. The number of aromatic amines is 1. The predicted octanol–water partition coefficient (Wildman–Crippen LogP) is 6.03. The first-order chi connectivity index (χ1) is 20.1. The fraction of sp³-hybridized carbons (Fsp3) is 0.273. The largest absolute Gasteiger partial charge is 0.496 e. The predicted molar refractivity (Wildman–Crippen MR) is 166 cm³/mol. The van der Waals surface area contributed by atoms with Gasteiger partial charge in [0.1, 0.15) is 5.75 Å². The zero-order chi connectivity index (χ0) is 30.4. The van der Waals surface area contributed by atoms with Crippen LogP contribution in [0, 0.1) is 6.92 Å². The lowest BCUT2D eigenvalue weighted by Gasteiger charge is -2.20. The van der Waals surface area contributed by atoms with Crippen molar-refractivity contribution in [2.45, 2.75) is 43.9 Å². The molecule has 2 amide bonds. The van der Waals surface area contributed by atoms with Crippen molar-refractivity contribution in [3.8, 4) is 5.75 Å². The molecule has 8 nitrogen and oxygen atoms in total. The Morgan fingerprint density at radius 3 is 2.50 bits per heavy atom. The molecule has 3 aromatic carbocycles. The first kappa shape index (κ1) is 30.6. The fourth-order valence-electron chi connectivity index (χ4n) is 5.03. The van der Waals surface area contributed by atoms with Gasteiger partial charge in [-0.05, 0) is 60.4 Å². The normalized spacial score (nSPS) is 12.4. The SMILES string of the molecule is CCCC(c1ccc(C(=O)NS(=O)(=O)c2ccccc2C)cc1OC)c1c[nH]c2ccc(C=CCC(=O)N(C)C)cc12. The molecule has 0 aliphatic carbocycles. The number of hydrogen-bond donors (Lipinski definition) is 2. The average Bonchev–Trinajstić information content (AvgIpc) is 3.38. The van der Waals surface area contributed by atoms with Crippen LogP contribution in [0.3, 0.4) is 0 Å². The van der Waals surface area contributed by atoms with Crippen LogP contribution in [0.1, 0.15) is 64.7 Å². The number of fused-ring (bicyclic) bond motifs is 1. The van der Waals surface area contributed by atoms with Crippen LogP contribution in [-0.2, 0) is 14.8 Å². The zero-order valence-electron chi connectivity index (χ0n) is 24.6. The average molecular weight is 588 g/mol. The summed E-state index contributed by atoms with van der Waals surface area (Å²) >= 11 is 0. The summed E-state index contributed by atoms with van der Waals surface area (Å²) in [6.07, 6.45) is 7.88. The van der Waals surface area contributed by atoms with Gasteiger partial charge in [-0.3, -0.25) is 9.59 Å². The third kappa shape index (κ3) is 6.74. The molecule has 1 aromatic heterocycles. The fourth-order valence-corrected chi connectivity index (χ4v) is 6.25. The van der Waals surface area contributed by atoms with Crippen LogP contribution in [0.15, 0.2) is 77.8 Å². The van der Waals surface area contributed by atoms with E-state index in [9.17, 15) is 18.0 Å². The first-order valence-corrected chi connectivity index (χ1v) is 15.3. The maximum atomic E-state index is 13.0. The Bertz CT molecular complexity index is 1740. The van der Waals surface area contributed by atoms with E-state index in [1.54, 1.807) is 63.4 Å². The number of hydrogen-bond acceptors (Lipinski definition) is 5. The van der Waals surface area contributed by atoms with Crippen molar-refractivity contribution in [1.82, 2.24) is 14.6 Å². The van der Waals surface area contributed by atoms with Gasteiger partial charge in [0.15, 0.2) is 0 Å². The number of amides is 2. The van der Waals surface area contributed by atoms with Gasteiger partial charge in [-0.2, -0.15) is 0 Å².